The van der Waals surface area contributed by atoms with Gasteiger partial charge in [-0.15, -0.1) is 0 Å². The highest BCUT2D eigenvalue weighted by Crippen LogP contribution is 2.29. The van der Waals surface area contributed by atoms with E-state index in [1.54, 1.807) is 20.0 Å². The van der Waals surface area contributed by atoms with E-state index < -0.39 is 11.7 Å². The van der Waals surface area contributed by atoms with Crippen LogP contribution in [0.25, 0.3) is 10.3 Å². The van der Waals surface area contributed by atoms with Gasteiger partial charge in [0.15, 0.2) is 10.8 Å². The summed E-state index contributed by atoms with van der Waals surface area (Å²) < 4.78 is 15.0. The number of nitrogens with one attached hydrogen (secondary N) is 2. The number of carbonyl (C=O) groups is 2. The molecule has 168 valence electrons. The van der Waals surface area contributed by atoms with Gasteiger partial charge in [-0.2, -0.15) is 4.98 Å². The second kappa shape index (κ2) is 9.03. The number of amides is 2. The van der Waals surface area contributed by atoms with E-state index in [1.807, 2.05) is 4.90 Å². The molecule has 0 radical (unpaired) electrons. The van der Waals surface area contributed by atoms with Crippen LogP contribution in [0.3, 0.4) is 0 Å². The Labute approximate surface area is 187 Å². The van der Waals surface area contributed by atoms with Gasteiger partial charge in [0.1, 0.15) is 23.4 Å². The monoisotopic (exact) mass is 458 g/mol. The molecule has 1 aliphatic rings. The van der Waals surface area contributed by atoms with E-state index in [1.165, 1.54) is 34.4 Å². The molecule has 1 aromatic carbocycles. The number of hydrogen-bond acceptors (Lipinski definition) is 7. The van der Waals surface area contributed by atoms with Crippen molar-refractivity contribution in [3.8, 4) is 0 Å². The third-order valence-electron chi connectivity index (χ3n) is 5.47. The third kappa shape index (κ3) is 4.47. The number of benzene rings is 1. The fraction of sp³-hybridized carbons (Fsp3) is 0.381. The number of halogens is 1. The number of nitrogens with zero attached hydrogens (tertiary/aromatic N) is 4. The molecule has 3 heterocycles. The number of aromatic nitrogens is 3. The topological polar surface area (TPSA) is 109 Å². The molecular weight excluding hydrogens is 435 g/mol. The van der Waals surface area contributed by atoms with Crippen LogP contribution in [0.2, 0.25) is 0 Å². The average Bonchev–Trinajstić information content (AvgIpc) is 3.23. The lowest BCUT2D eigenvalue weighted by Gasteiger charge is -2.31. The Bertz CT molecular complexity index is 1240. The van der Waals surface area contributed by atoms with Crippen molar-refractivity contribution in [2.75, 3.05) is 30.4 Å². The molecule has 2 amide bonds. The summed E-state index contributed by atoms with van der Waals surface area (Å²) in [4.78, 5) is 48.1. The molecule has 1 atom stereocenters. The fourth-order valence-electron chi connectivity index (χ4n) is 3.73. The van der Waals surface area contributed by atoms with Crippen molar-refractivity contribution in [2.45, 2.75) is 26.3 Å². The standard InChI is InChI=1S/C21H23FN6O3S/c1-12-5-6-14(22)8-15(12)25-16(29)10-28-11-24-18-17(20(28)31)32-21(26-18)27-7-3-4-13(9-27)19(30)23-2/h5-6,8,11,13H,3-4,7,9-10H2,1-2H3,(H,23,30)(H,25,29)/t13-/m0/s1. The van der Waals surface area contributed by atoms with Gasteiger partial charge in [0, 0.05) is 25.8 Å². The zero-order valence-electron chi connectivity index (χ0n) is 17.7. The predicted octanol–water partition coefficient (Wildman–Crippen LogP) is 1.90. The third-order valence-corrected chi connectivity index (χ3v) is 6.56. The van der Waals surface area contributed by atoms with Gasteiger partial charge in [-0.25, -0.2) is 9.37 Å². The molecule has 2 N–H and O–H groups in total. The van der Waals surface area contributed by atoms with Gasteiger partial charge in [-0.05, 0) is 37.5 Å². The highest BCUT2D eigenvalue weighted by atomic mass is 32.1. The van der Waals surface area contributed by atoms with Gasteiger partial charge >= 0.3 is 0 Å². The summed E-state index contributed by atoms with van der Waals surface area (Å²) in [5, 5.41) is 5.95. The quantitative estimate of drug-likeness (QED) is 0.605. The Balaban J connectivity index is 1.53. The van der Waals surface area contributed by atoms with Gasteiger partial charge in [-0.1, -0.05) is 17.4 Å². The first-order chi connectivity index (χ1) is 15.4. The molecule has 1 aliphatic heterocycles. The van der Waals surface area contributed by atoms with Crippen molar-refractivity contribution >= 4 is 44.3 Å². The van der Waals surface area contributed by atoms with Crippen molar-refractivity contribution in [1.82, 2.24) is 19.9 Å². The molecule has 0 aliphatic carbocycles. The van der Waals surface area contributed by atoms with E-state index >= 15 is 0 Å². The normalized spacial score (nSPS) is 16.2. The van der Waals surface area contributed by atoms with Crippen LogP contribution < -0.4 is 21.1 Å². The number of aryl methyl sites for hydroxylation is 1. The smallest absolute Gasteiger partial charge is 0.273 e. The average molecular weight is 459 g/mol. The van der Waals surface area contributed by atoms with E-state index in [9.17, 15) is 18.8 Å². The fourth-order valence-corrected chi connectivity index (χ4v) is 4.73. The Morgan fingerprint density at radius 1 is 1.34 bits per heavy atom. The zero-order valence-corrected chi connectivity index (χ0v) is 18.5. The van der Waals surface area contributed by atoms with E-state index in [4.69, 9.17) is 0 Å². The summed E-state index contributed by atoms with van der Waals surface area (Å²) in [5.41, 5.74) is 1.01. The van der Waals surface area contributed by atoms with E-state index in [0.717, 1.165) is 19.4 Å². The molecule has 0 spiro atoms. The number of piperidine rings is 1. The molecule has 1 fully saturated rings. The van der Waals surface area contributed by atoms with Gasteiger partial charge in [0.25, 0.3) is 5.56 Å². The van der Waals surface area contributed by atoms with Gasteiger partial charge in [-0.3, -0.25) is 19.0 Å². The van der Waals surface area contributed by atoms with E-state index in [-0.39, 0.29) is 23.9 Å². The molecule has 1 saturated heterocycles. The molecule has 32 heavy (non-hydrogen) atoms. The van der Waals surface area contributed by atoms with Crippen LogP contribution in [0.15, 0.2) is 29.3 Å². The number of thiazole rings is 1. The maximum Gasteiger partial charge on any atom is 0.273 e. The SMILES string of the molecule is CNC(=O)[C@H]1CCCN(c2nc3ncn(CC(=O)Nc4cc(F)ccc4C)c(=O)c3s2)C1. The van der Waals surface area contributed by atoms with Crippen molar-refractivity contribution in [3.63, 3.8) is 0 Å². The highest BCUT2D eigenvalue weighted by molar-refractivity contribution is 7.22. The Kier molecular flexibility index (Phi) is 6.17. The predicted molar refractivity (Wildman–Crippen MR) is 120 cm³/mol. The van der Waals surface area contributed by atoms with Crippen LogP contribution in [0, 0.1) is 18.7 Å². The first-order valence-corrected chi connectivity index (χ1v) is 11.1. The van der Waals surface area contributed by atoms with Crippen LogP contribution in [0.1, 0.15) is 18.4 Å². The molecule has 4 rings (SSSR count). The molecule has 2 aromatic heterocycles. The highest BCUT2D eigenvalue weighted by Gasteiger charge is 2.27. The van der Waals surface area contributed by atoms with Gasteiger partial charge in [0.2, 0.25) is 11.8 Å². The molecule has 11 heteroatoms. The Morgan fingerprint density at radius 3 is 2.94 bits per heavy atom. The van der Waals surface area contributed by atoms with E-state index in [2.05, 4.69) is 20.6 Å². The summed E-state index contributed by atoms with van der Waals surface area (Å²) in [5.74, 6) is -1.05. The molecule has 3 aromatic rings. The summed E-state index contributed by atoms with van der Waals surface area (Å²) in [6.07, 6.45) is 2.95. The summed E-state index contributed by atoms with van der Waals surface area (Å²) >= 11 is 1.21. The van der Waals surface area contributed by atoms with Crippen LogP contribution in [0.5, 0.6) is 0 Å². The number of anilines is 2. The maximum absolute atomic E-state index is 13.5. The zero-order chi connectivity index (χ0) is 22.8. The van der Waals surface area contributed by atoms with E-state index in [0.29, 0.717) is 33.3 Å². The van der Waals surface area contributed by atoms with Crippen molar-refractivity contribution in [1.29, 1.82) is 0 Å². The molecule has 0 bridgehead atoms. The number of carbonyl (C=O) groups excluding carboxylic acids is 2. The maximum atomic E-state index is 13.5. The summed E-state index contributed by atoms with van der Waals surface area (Å²) in [6, 6.07) is 4.12. The van der Waals surface area contributed by atoms with Gasteiger partial charge in [0.05, 0.1) is 5.92 Å². The summed E-state index contributed by atoms with van der Waals surface area (Å²) in [7, 11) is 1.62. The van der Waals surface area contributed by atoms with Gasteiger partial charge < -0.3 is 15.5 Å². The molecule has 0 saturated carbocycles. The second-order valence-electron chi connectivity index (χ2n) is 7.73. The molecule has 9 nitrogen and oxygen atoms in total. The Hall–Kier alpha value is -3.34. The van der Waals surface area contributed by atoms with Crippen molar-refractivity contribution in [2.24, 2.45) is 5.92 Å². The lowest BCUT2D eigenvalue weighted by Crippen LogP contribution is -2.42. The largest absolute Gasteiger partial charge is 0.359 e. The minimum Gasteiger partial charge on any atom is -0.359 e. The second-order valence-corrected chi connectivity index (χ2v) is 8.71. The van der Waals surface area contributed by atoms with Crippen molar-refractivity contribution < 1.29 is 14.0 Å². The van der Waals surface area contributed by atoms with Crippen LogP contribution >= 0.6 is 11.3 Å². The first kappa shape index (κ1) is 21.9. The first-order valence-electron chi connectivity index (χ1n) is 10.2. The molecule has 0 unspecified atom stereocenters. The van der Waals surface area contributed by atoms with Crippen molar-refractivity contribution in [3.05, 3.63) is 46.3 Å². The Morgan fingerprint density at radius 2 is 2.16 bits per heavy atom. The number of fused-ring (bicyclic) bond motifs is 1. The van der Waals surface area contributed by atoms with Crippen LogP contribution in [-0.4, -0.2) is 46.5 Å². The minimum atomic E-state index is -0.462. The van der Waals surface area contributed by atoms with Crippen LogP contribution in [-0.2, 0) is 16.1 Å². The van der Waals surface area contributed by atoms with Crippen LogP contribution in [0.4, 0.5) is 15.2 Å². The molecular formula is C21H23FN6O3S. The lowest BCUT2D eigenvalue weighted by atomic mass is 9.98. The number of rotatable bonds is 5. The number of hydrogen-bond donors (Lipinski definition) is 2. The minimum absolute atomic E-state index is 0.00385. The lowest BCUT2D eigenvalue weighted by molar-refractivity contribution is -0.124. The summed E-state index contributed by atoms with van der Waals surface area (Å²) in [6.45, 7) is 2.77.